The second-order valence-corrected chi connectivity index (χ2v) is 10.4. The minimum atomic E-state index is -0.639. The molecule has 8 nitrogen and oxygen atoms in total. The zero-order valence-corrected chi connectivity index (χ0v) is 20.3. The minimum absolute atomic E-state index is 0.203. The minimum Gasteiger partial charge on any atom is -0.538 e. The van der Waals surface area contributed by atoms with Crippen LogP contribution in [0.2, 0.25) is 0 Å². The van der Waals surface area contributed by atoms with E-state index in [4.69, 9.17) is 9.26 Å². The highest BCUT2D eigenvalue weighted by Gasteiger charge is 2.31. The lowest BCUT2D eigenvalue weighted by atomic mass is 9.88. The predicted octanol–water partition coefficient (Wildman–Crippen LogP) is 3.51. The first-order chi connectivity index (χ1) is 15.9. The summed E-state index contributed by atoms with van der Waals surface area (Å²) in [5.41, 5.74) is 2.10. The smallest absolute Gasteiger partial charge is 0.341 e. The number of nitrogens with one attached hydrogen (secondary N) is 1. The SMILES string of the molecule is CCOC(=O)c1c(NC(=O)C(C)Sc2c([O-])on[n+]2-c2ccccc2)sc2c1CCC(C)C2. The number of carbonyl (C=O) groups is 2. The second kappa shape index (κ2) is 9.96. The molecule has 1 aromatic carbocycles. The highest BCUT2D eigenvalue weighted by Crippen LogP contribution is 2.40. The maximum atomic E-state index is 13.1. The van der Waals surface area contributed by atoms with Crippen LogP contribution < -0.4 is 15.1 Å². The van der Waals surface area contributed by atoms with Gasteiger partial charge < -0.3 is 19.7 Å². The van der Waals surface area contributed by atoms with Gasteiger partial charge in [0.25, 0.3) is 5.03 Å². The summed E-state index contributed by atoms with van der Waals surface area (Å²) in [7, 11) is 0. The van der Waals surface area contributed by atoms with Crippen molar-refractivity contribution in [3.8, 4) is 11.6 Å². The normalized spacial score (nSPS) is 16.2. The van der Waals surface area contributed by atoms with Crippen LogP contribution in [0, 0.1) is 5.92 Å². The highest BCUT2D eigenvalue weighted by atomic mass is 32.2. The number of esters is 1. The van der Waals surface area contributed by atoms with Gasteiger partial charge in [-0.25, -0.2) is 4.79 Å². The third kappa shape index (κ3) is 4.91. The van der Waals surface area contributed by atoms with Crippen LogP contribution in [-0.2, 0) is 22.4 Å². The molecule has 0 saturated heterocycles. The number of rotatable bonds is 7. The zero-order valence-electron chi connectivity index (χ0n) is 18.6. The van der Waals surface area contributed by atoms with Crippen molar-refractivity contribution >= 4 is 40.0 Å². The molecule has 174 valence electrons. The van der Waals surface area contributed by atoms with Crippen LogP contribution in [0.25, 0.3) is 5.69 Å². The quantitative estimate of drug-likeness (QED) is 0.309. The van der Waals surface area contributed by atoms with Crippen molar-refractivity contribution < 1.29 is 28.6 Å². The van der Waals surface area contributed by atoms with Gasteiger partial charge in [0, 0.05) is 17.0 Å². The van der Waals surface area contributed by atoms with Crippen molar-refractivity contribution in [3.63, 3.8) is 0 Å². The van der Waals surface area contributed by atoms with Crippen molar-refractivity contribution in [2.75, 3.05) is 11.9 Å². The summed E-state index contributed by atoms with van der Waals surface area (Å²) in [4.78, 5) is 26.9. The number of thiophene rings is 1. The molecule has 1 aliphatic carbocycles. The van der Waals surface area contributed by atoms with Crippen molar-refractivity contribution in [2.45, 2.75) is 50.3 Å². The van der Waals surface area contributed by atoms with Crippen molar-refractivity contribution in [1.29, 1.82) is 0 Å². The van der Waals surface area contributed by atoms with Gasteiger partial charge >= 0.3 is 5.97 Å². The lowest BCUT2D eigenvalue weighted by Crippen LogP contribution is -2.36. The van der Waals surface area contributed by atoms with Crippen molar-refractivity contribution in [2.24, 2.45) is 5.92 Å². The van der Waals surface area contributed by atoms with Crippen LogP contribution in [0.4, 0.5) is 5.00 Å². The Hall–Kier alpha value is -2.85. The fourth-order valence-electron chi connectivity index (χ4n) is 3.76. The number of fused-ring (bicyclic) bond motifs is 1. The number of para-hydroxylation sites is 1. The van der Waals surface area contributed by atoms with Gasteiger partial charge in [0.1, 0.15) is 5.00 Å². The van der Waals surface area contributed by atoms with E-state index in [2.05, 4.69) is 17.5 Å². The van der Waals surface area contributed by atoms with E-state index in [1.54, 1.807) is 26.0 Å². The molecule has 2 unspecified atom stereocenters. The molecule has 1 N–H and O–H groups in total. The Balaban J connectivity index is 1.56. The first kappa shape index (κ1) is 23.3. The molecular formula is C23H25N3O5S2. The number of carbonyl (C=O) groups excluding carboxylic acids is 2. The molecule has 10 heteroatoms. The molecule has 1 aliphatic rings. The maximum Gasteiger partial charge on any atom is 0.341 e. The van der Waals surface area contributed by atoms with E-state index in [-0.39, 0.29) is 17.5 Å². The molecule has 2 aromatic heterocycles. The van der Waals surface area contributed by atoms with Crippen LogP contribution in [0.3, 0.4) is 0 Å². The molecule has 0 fully saturated rings. The van der Waals surface area contributed by atoms with Gasteiger partial charge in [0.05, 0.1) is 22.7 Å². The predicted molar refractivity (Wildman–Crippen MR) is 123 cm³/mol. The van der Waals surface area contributed by atoms with E-state index < -0.39 is 17.2 Å². The number of amides is 1. The Morgan fingerprint density at radius 1 is 1.39 bits per heavy atom. The van der Waals surface area contributed by atoms with Gasteiger partial charge in [-0.1, -0.05) is 25.1 Å². The molecule has 0 aliphatic heterocycles. The molecular weight excluding hydrogens is 462 g/mol. The summed E-state index contributed by atoms with van der Waals surface area (Å²) < 4.78 is 11.5. The van der Waals surface area contributed by atoms with E-state index in [0.29, 0.717) is 22.2 Å². The molecule has 1 amide bonds. The monoisotopic (exact) mass is 487 g/mol. The van der Waals surface area contributed by atoms with Gasteiger partial charge in [-0.15, -0.1) is 11.3 Å². The van der Waals surface area contributed by atoms with Gasteiger partial charge in [0.2, 0.25) is 11.6 Å². The Kier molecular flexibility index (Phi) is 7.04. The van der Waals surface area contributed by atoms with E-state index in [1.165, 1.54) is 16.0 Å². The summed E-state index contributed by atoms with van der Waals surface area (Å²) in [5.74, 6) is -0.821. The van der Waals surface area contributed by atoms with Gasteiger partial charge in [-0.3, -0.25) is 4.79 Å². The summed E-state index contributed by atoms with van der Waals surface area (Å²) in [6, 6.07) is 9.08. The van der Waals surface area contributed by atoms with E-state index in [0.717, 1.165) is 41.5 Å². The van der Waals surface area contributed by atoms with Crippen LogP contribution in [-0.4, -0.2) is 29.0 Å². The Morgan fingerprint density at radius 2 is 2.15 bits per heavy atom. The van der Waals surface area contributed by atoms with E-state index in [1.807, 2.05) is 18.2 Å². The summed E-state index contributed by atoms with van der Waals surface area (Å²) in [5, 5.41) is 19.0. The summed E-state index contributed by atoms with van der Waals surface area (Å²) in [6.07, 6.45) is 2.66. The molecule has 2 heterocycles. The van der Waals surface area contributed by atoms with E-state index in [9.17, 15) is 14.7 Å². The van der Waals surface area contributed by atoms with E-state index >= 15 is 0 Å². The number of ether oxygens (including phenoxy) is 1. The summed E-state index contributed by atoms with van der Waals surface area (Å²) >= 11 is 2.49. The zero-order chi connectivity index (χ0) is 23.5. The molecule has 2 atom stereocenters. The third-order valence-electron chi connectivity index (χ3n) is 5.46. The Morgan fingerprint density at radius 3 is 2.88 bits per heavy atom. The molecule has 4 rings (SSSR count). The number of benzene rings is 1. The average Bonchev–Trinajstić information content (AvgIpc) is 3.33. The van der Waals surface area contributed by atoms with Crippen molar-refractivity contribution in [1.82, 2.24) is 5.27 Å². The lowest BCUT2D eigenvalue weighted by Gasteiger charge is -2.18. The van der Waals surface area contributed by atoms with Gasteiger partial charge in [-0.05, 0) is 61.0 Å². The highest BCUT2D eigenvalue weighted by molar-refractivity contribution is 8.00. The third-order valence-corrected chi connectivity index (χ3v) is 7.76. The maximum absolute atomic E-state index is 13.1. The number of aromatic nitrogens is 2. The number of nitrogens with zero attached hydrogens (tertiary/aromatic N) is 2. The topological polar surface area (TPSA) is 108 Å². The molecule has 0 radical (unpaired) electrons. The van der Waals surface area contributed by atoms with Crippen LogP contribution >= 0.6 is 23.1 Å². The van der Waals surface area contributed by atoms with Crippen LogP contribution in [0.5, 0.6) is 5.95 Å². The number of thioether (sulfide) groups is 1. The molecule has 0 saturated carbocycles. The molecule has 33 heavy (non-hydrogen) atoms. The van der Waals surface area contributed by atoms with Gasteiger partial charge in [-0.2, -0.15) is 0 Å². The Labute approximate surface area is 199 Å². The fourth-order valence-corrected chi connectivity index (χ4v) is 6.04. The molecule has 0 spiro atoms. The Bertz CT molecular complexity index is 1160. The number of anilines is 1. The summed E-state index contributed by atoms with van der Waals surface area (Å²) in [6.45, 7) is 5.91. The largest absolute Gasteiger partial charge is 0.538 e. The molecule has 3 aromatic rings. The van der Waals surface area contributed by atoms with Crippen LogP contribution in [0.1, 0.15) is 48.0 Å². The standard InChI is InChI=1S/C23H25N3O5S2/c1-4-30-22(28)18-16-11-10-13(2)12-17(16)33-20(18)24-19(27)14(3)32-21-23(29)31-25-26(21)15-8-6-5-7-9-15/h5-9,13-14H,4,10-12H2,1-3H3,(H-,24,25,27,28,29). The van der Waals surface area contributed by atoms with Crippen molar-refractivity contribution in [3.05, 3.63) is 46.3 Å². The number of hydrogen-bond donors (Lipinski definition) is 1. The number of hydrogen-bond acceptors (Lipinski definition) is 8. The molecule has 0 bridgehead atoms. The lowest BCUT2D eigenvalue weighted by molar-refractivity contribution is -0.705. The first-order valence-corrected chi connectivity index (χ1v) is 12.5. The van der Waals surface area contributed by atoms with Gasteiger partial charge in [0.15, 0.2) is 5.95 Å². The van der Waals surface area contributed by atoms with Crippen LogP contribution in [0.15, 0.2) is 39.9 Å². The second-order valence-electron chi connectivity index (χ2n) is 7.94. The average molecular weight is 488 g/mol. The first-order valence-electron chi connectivity index (χ1n) is 10.8. The fraction of sp³-hybridized carbons (Fsp3) is 0.391.